The number of nitriles is 1. The van der Waals surface area contributed by atoms with Crippen LogP contribution in [-0.4, -0.2) is 48.7 Å². The van der Waals surface area contributed by atoms with E-state index in [1.165, 1.54) is 0 Å². The van der Waals surface area contributed by atoms with Gasteiger partial charge in [-0.05, 0) is 52.4 Å². The largest absolute Gasteiger partial charge is 0.447 e. The Balaban J connectivity index is 0.00000133. The highest BCUT2D eigenvalue weighted by molar-refractivity contribution is 6.07. The van der Waals surface area contributed by atoms with Crippen molar-refractivity contribution >= 4 is 17.8 Å². The predicted octanol–water partition coefficient (Wildman–Crippen LogP) is 4.59. The highest BCUT2D eigenvalue weighted by Gasteiger charge is 2.36. The third kappa shape index (κ3) is 11.3. The predicted molar refractivity (Wildman–Crippen MR) is 133 cm³/mol. The first-order chi connectivity index (χ1) is 16.1. The Morgan fingerprint density at radius 2 is 1.65 bits per heavy atom. The number of aliphatic imine (C=N–C) groups is 1. The van der Waals surface area contributed by atoms with E-state index in [-0.39, 0.29) is 31.1 Å². The number of hydrogen-bond acceptors (Lipinski definition) is 6. The van der Waals surface area contributed by atoms with Crippen LogP contribution in [0.5, 0.6) is 0 Å². The molecule has 8 heteroatoms. The van der Waals surface area contributed by atoms with Gasteiger partial charge in [-0.2, -0.15) is 5.26 Å². The van der Waals surface area contributed by atoms with Crippen LogP contribution in [0.1, 0.15) is 72.8 Å². The van der Waals surface area contributed by atoms with Gasteiger partial charge in [-0.25, -0.2) is 4.79 Å². The van der Waals surface area contributed by atoms with Crippen molar-refractivity contribution in [2.75, 3.05) is 13.2 Å². The Kier molecular flexibility index (Phi) is 12.9. The molecule has 34 heavy (non-hydrogen) atoms. The Morgan fingerprint density at radius 1 is 1.06 bits per heavy atom. The van der Waals surface area contributed by atoms with Crippen molar-refractivity contribution in [2.24, 2.45) is 10.9 Å². The average molecular weight is 473 g/mol. The molecule has 1 aliphatic carbocycles. The summed E-state index contributed by atoms with van der Waals surface area (Å²) >= 11 is 0. The van der Waals surface area contributed by atoms with Crippen LogP contribution in [0.4, 0.5) is 4.79 Å². The van der Waals surface area contributed by atoms with Gasteiger partial charge in [-0.15, -0.1) is 0 Å². The molecule has 1 atom stereocenters. The minimum atomic E-state index is -0.823. The second-order valence-corrected chi connectivity index (χ2v) is 9.32. The molecule has 0 unspecified atom stereocenters. The topological polar surface area (TPSA) is 113 Å². The van der Waals surface area contributed by atoms with Gasteiger partial charge in [-0.1, -0.05) is 51.1 Å². The Morgan fingerprint density at radius 3 is 2.18 bits per heavy atom. The molecular formula is C26H40N4O4. The van der Waals surface area contributed by atoms with Gasteiger partial charge in [0, 0.05) is 5.56 Å². The van der Waals surface area contributed by atoms with Crippen molar-refractivity contribution in [3.8, 4) is 6.07 Å². The van der Waals surface area contributed by atoms with Crippen molar-refractivity contribution in [1.29, 1.82) is 5.26 Å². The zero-order chi connectivity index (χ0) is 25.6. The van der Waals surface area contributed by atoms with Gasteiger partial charge in [0.05, 0.1) is 18.8 Å². The number of alkyl carbamates (subject to hydrolysis) is 1. The van der Waals surface area contributed by atoms with Gasteiger partial charge in [0.2, 0.25) is 5.91 Å². The number of benzene rings is 1. The third-order valence-electron chi connectivity index (χ3n) is 4.77. The normalized spacial score (nSPS) is 15.7. The van der Waals surface area contributed by atoms with Crippen LogP contribution < -0.4 is 10.6 Å². The van der Waals surface area contributed by atoms with E-state index >= 15 is 0 Å². The lowest BCUT2D eigenvalue weighted by Crippen LogP contribution is -2.48. The van der Waals surface area contributed by atoms with Crippen molar-refractivity contribution in [3.63, 3.8) is 0 Å². The van der Waals surface area contributed by atoms with Gasteiger partial charge in [0.15, 0.2) is 0 Å². The van der Waals surface area contributed by atoms with Gasteiger partial charge in [-0.3, -0.25) is 15.1 Å². The van der Waals surface area contributed by atoms with Gasteiger partial charge >= 0.3 is 6.09 Å². The SMILES string of the molecule is CC(C)C.CC(C)OCCOC(=O)NC(=N[C@@H](C)C(=O)NC1(C#N)CCCC1)c1ccccc1. The van der Waals surface area contributed by atoms with Gasteiger partial charge in [0.1, 0.15) is 24.0 Å². The number of nitrogens with one attached hydrogen (secondary N) is 2. The fourth-order valence-electron chi connectivity index (χ4n) is 3.16. The van der Waals surface area contributed by atoms with Crippen LogP contribution >= 0.6 is 0 Å². The maximum atomic E-state index is 12.7. The molecule has 8 nitrogen and oxygen atoms in total. The first-order valence-electron chi connectivity index (χ1n) is 12.0. The van der Waals surface area contributed by atoms with Crippen LogP contribution in [0.3, 0.4) is 0 Å². The van der Waals surface area contributed by atoms with Gasteiger partial charge < -0.3 is 14.8 Å². The summed E-state index contributed by atoms with van der Waals surface area (Å²) in [6.07, 6.45) is 2.47. The van der Waals surface area contributed by atoms with E-state index in [2.05, 4.69) is 42.5 Å². The molecule has 1 aromatic rings. The van der Waals surface area contributed by atoms with Crippen LogP contribution in [-0.2, 0) is 14.3 Å². The number of carbonyl (C=O) groups excluding carboxylic acids is 2. The number of carbonyl (C=O) groups is 2. The molecule has 0 heterocycles. The highest BCUT2D eigenvalue weighted by Crippen LogP contribution is 2.29. The quantitative estimate of drug-likeness (QED) is 0.326. The molecule has 0 aliphatic heterocycles. The Hall–Kier alpha value is -2.92. The summed E-state index contributed by atoms with van der Waals surface area (Å²) in [4.78, 5) is 29.2. The minimum Gasteiger partial charge on any atom is -0.447 e. The fraction of sp³-hybridized carbons (Fsp3) is 0.615. The Labute approximate surface area is 204 Å². The number of ether oxygens (including phenoxy) is 2. The van der Waals surface area contributed by atoms with Gasteiger partial charge in [0.25, 0.3) is 0 Å². The van der Waals surface area contributed by atoms with E-state index in [1.54, 1.807) is 19.1 Å². The molecule has 2 amide bonds. The molecular weight excluding hydrogens is 432 g/mol. The summed E-state index contributed by atoms with van der Waals surface area (Å²) < 4.78 is 10.5. The van der Waals surface area contributed by atoms with Crippen LogP contribution in [0.15, 0.2) is 35.3 Å². The maximum Gasteiger partial charge on any atom is 0.412 e. The molecule has 0 radical (unpaired) electrons. The monoisotopic (exact) mass is 472 g/mol. The van der Waals surface area contributed by atoms with Crippen LogP contribution in [0.25, 0.3) is 0 Å². The lowest BCUT2D eigenvalue weighted by Gasteiger charge is -2.23. The lowest BCUT2D eigenvalue weighted by molar-refractivity contribution is -0.123. The molecule has 0 aromatic heterocycles. The van der Waals surface area contributed by atoms with E-state index in [1.807, 2.05) is 32.0 Å². The molecule has 1 aromatic carbocycles. The molecule has 0 saturated heterocycles. The van der Waals surface area contributed by atoms with Crippen LogP contribution in [0, 0.1) is 17.2 Å². The lowest BCUT2D eigenvalue weighted by atomic mass is 9.99. The number of amides is 2. The summed E-state index contributed by atoms with van der Waals surface area (Å²) in [6.45, 7) is 12.3. The molecule has 1 saturated carbocycles. The van der Waals surface area contributed by atoms with Crippen LogP contribution in [0.2, 0.25) is 0 Å². The van der Waals surface area contributed by atoms with E-state index in [9.17, 15) is 14.9 Å². The van der Waals surface area contributed by atoms with Crippen molar-refractivity contribution < 1.29 is 19.1 Å². The number of hydrogen-bond donors (Lipinski definition) is 2. The standard InChI is InChI=1S/C22H30N4O4.C4H10/c1-16(2)29-13-14-30-21(28)25-19(18-9-5-4-6-10-18)24-17(3)20(27)26-22(15-23)11-7-8-12-22;1-4(2)3/h4-6,9-10,16-17H,7-8,11-14H2,1-3H3,(H,26,27)(H,24,25,28);4H,1-3H3/t17-;/m0./s1. The summed E-state index contributed by atoms with van der Waals surface area (Å²) in [5.41, 5.74) is -0.181. The van der Waals surface area contributed by atoms with E-state index in [0.29, 0.717) is 18.4 Å². The number of amidine groups is 1. The first kappa shape index (κ1) is 29.1. The highest BCUT2D eigenvalue weighted by atomic mass is 16.6. The molecule has 188 valence electrons. The maximum absolute atomic E-state index is 12.7. The summed E-state index contributed by atoms with van der Waals surface area (Å²) in [5, 5.41) is 14.9. The zero-order valence-electron chi connectivity index (χ0n) is 21.4. The molecule has 1 fully saturated rings. The molecule has 2 rings (SSSR count). The Bertz CT molecular complexity index is 822. The van der Waals surface area contributed by atoms with E-state index in [4.69, 9.17) is 9.47 Å². The van der Waals surface area contributed by atoms with Crippen molar-refractivity contribution in [2.45, 2.75) is 84.9 Å². The second-order valence-electron chi connectivity index (χ2n) is 9.32. The summed E-state index contributed by atoms with van der Waals surface area (Å²) in [5.74, 6) is 0.706. The van der Waals surface area contributed by atoms with Crippen molar-refractivity contribution in [1.82, 2.24) is 10.6 Å². The second kappa shape index (κ2) is 15.1. The van der Waals surface area contributed by atoms with Crippen molar-refractivity contribution in [3.05, 3.63) is 35.9 Å². The number of rotatable bonds is 8. The first-order valence-corrected chi connectivity index (χ1v) is 12.0. The average Bonchev–Trinajstić information content (AvgIpc) is 3.25. The smallest absolute Gasteiger partial charge is 0.412 e. The molecule has 2 N–H and O–H groups in total. The summed E-state index contributed by atoms with van der Waals surface area (Å²) in [6, 6.07) is 10.5. The minimum absolute atomic E-state index is 0.0500. The molecule has 1 aliphatic rings. The third-order valence-corrected chi connectivity index (χ3v) is 4.77. The number of nitrogens with zero attached hydrogens (tertiary/aromatic N) is 2. The molecule has 0 spiro atoms. The molecule has 0 bridgehead atoms. The van der Waals surface area contributed by atoms with E-state index < -0.39 is 17.7 Å². The summed E-state index contributed by atoms with van der Waals surface area (Å²) in [7, 11) is 0. The zero-order valence-corrected chi connectivity index (χ0v) is 21.4. The fourth-order valence-corrected chi connectivity index (χ4v) is 3.16. The van der Waals surface area contributed by atoms with E-state index in [0.717, 1.165) is 18.8 Å².